The first-order valence-corrected chi connectivity index (χ1v) is 11.3. The molecule has 0 amide bonds. The van der Waals surface area contributed by atoms with Crippen molar-refractivity contribution in [3.8, 4) is 0 Å². The molecule has 0 aliphatic carbocycles. The number of guanidine groups is 1. The van der Waals surface area contributed by atoms with E-state index in [0.29, 0.717) is 12.4 Å². The van der Waals surface area contributed by atoms with E-state index < -0.39 is 0 Å². The second-order valence-corrected chi connectivity index (χ2v) is 9.13. The Balaban J connectivity index is 0.00000363. The highest BCUT2D eigenvalue weighted by atomic mass is 127. The topological polar surface area (TPSA) is 68.9 Å². The number of hydrogen-bond acceptors (Lipinski definition) is 5. The molecule has 0 spiro atoms. The van der Waals surface area contributed by atoms with Gasteiger partial charge in [0.15, 0.2) is 5.96 Å². The fourth-order valence-corrected chi connectivity index (χ4v) is 3.69. The summed E-state index contributed by atoms with van der Waals surface area (Å²) in [6.07, 6.45) is 1.81. The molecule has 1 fully saturated rings. The number of likely N-dealkylation sites (N-methyl/N-ethyl adjacent to an activating group) is 1. The van der Waals surface area contributed by atoms with Crippen LogP contribution in [0.15, 0.2) is 39.9 Å². The Morgan fingerprint density at radius 3 is 2.25 bits per heavy atom. The average molecular weight is 555 g/mol. The summed E-state index contributed by atoms with van der Waals surface area (Å²) in [6, 6.07) is 8.66. The highest BCUT2D eigenvalue weighted by Crippen LogP contribution is 2.22. The van der Waals surface area contributed by atoms with Crippen LogP contribution in [0, 0.1) is 0 Å². The Labute approximate surface area is 210 Å². The van der Waals surface area contributed by atoms with Gasteiger partial charge in [0.05, 0.1) is 12.7 Å². The molecular weight excluding hydrogens is 515 g/mol. The Morgan fingerprint density at radius 1 is 1.03 bits per heavy atom. The summed E-state index contributed by atoms with van der Waals surface area (Å²) in [4.78, 5) is 13.8. The van der Waals surface area contributed by atoms with Gasteiger partial charge in [0.25, 0.3) is 0 Å². The van der Waals surface area contributed by atoms with E-state index in [2.05, 4.69) is 82.4 Å². The minimum absolute atomic E-state index is 0. The largest absolute Gasteiger partial charge is 0.443 e. The van der Waals surface area contributed by atoms with E-state index in [-0.39, 0.29) is 29.4 Å². The van der Waals surface area contributed by atoms with Gasteiger partial charge in [-0.2, -0.15) is 0 Å². The number of piperazine rings is 1. The van der Waals surface area contributed by atoms with Crippen molar-refractivity contribution in [2.75, 3.05) is 39.8 Å². The Morgan fingerprint density at radius 2 is 1.66 bits per heavy atom. The molecule has 0 radical (unpaired) electrons. The molecule has 8 heteroatoms. The number of rotatable bonds is 7. The van der Waals surface area contributed by atoms with Crippen molar-refractivity contribution in [3.05, 3.63) is 53.2 Å². The third-order valence-corrected chi connectivity index (χ3v) is 5.79. The van der Waals surface area contributed by atoms with Crippen molar-refractivity contribution in [2.24, 2.45) is 4.99 Å². The first kappa shape index (κ1) is 26.6. The third-order valence-electron chi connectivity index (χ3n) is 5.79. The highest BCUT2D eigenvalue weighted by molar-refractivity contribution is 14.0. The summed E-state index contributed by atoms with van der Waals surface area (Å²) in [5.41, 5.74) is 2.63. The molecule has 178 valence electrons. The second-order valence-electron chi connectivity index (χ2n) is 9.13. The Hall–Kier alpha value is -1.65. The molecule has 2 aromatic rings. The van der Waals surface area contributed by atoms with E-state index in [9.17, 15) is 0 Å². The summed E-state index contributed by atoms with van der Waals surface area (Å²) >= 11 is 0. The smallest absolute Gasteiger partial charge is 0.213 e. The zero-order valence-corrected chi connectivity index (χ0v) is 22.5. The first-order valence-electron chi connectivity index (χ1n) is 11.3. The van der Waals surface area contributed by atoms with Gasteiger partial charge in [-0.1, -0.05) is 52.0 Å². The van der Waals surface area contributed by atoms with Gasteiger partial charge < -0.3 is 20.0 Å². The van der Waals surface area contributed by atoms with Crippen LogP contribution in [0.1, 0.15) is 50.5 Å². The number of nitrogens with zero attached hydrogens (tertiary/aromatic N) is 4. The molecule has 0 atom stereocenters. The lowest BCUT2D eigenvalue weighted by molar-refractivity contribution is 0.131. The quantitative estimate of drug-likeness (QED) is 0.310. The SMILES string of the molecule is CCN1CCN(Cc2ccccc2CNC(=NC)NCc2ncc(C(C)(C)C)o2)CC1.I. The van der Waals surface area contributed by atoms with Crippen LogP contribution < -0.4 is 10.6 Å². The summed E-state index contributed by atoms with van der Waals surface area (Å²) in [5, 5.41) is 6.73. The van der Waals surface area contributed by atoms with Crippen molar-refractivity contribution in [2.45, 2.75) is 52.7 Å². The monoisotopic (exact) mass is 554 g/mol. The van der Waals surface area contributed by atoms with Crippen LogP contribution in [-0.4, -0.2) is 60.5 Å². The van der Waals surface area contributed by atoms with E-state index in [1.807, 2.05) is 6.20 Å². The molecule has 7 nitrogen and oxygen atoms in total. The van der Waals surface area contributed by atoms with Gasteiger partial charge in [-0.15, -0.1) is 24.0 Å². The van der Waals surface area contributed by atoms with E-state index in [1.54, 1.807) is 7.05 Å². The number of aromatic nitrogens is 1. The molecule has 1 aliphatic rings. The van der Waals surface area contributed by atoms with Gasteiger partial charge >= 0.3 is 0 Å². The lowest BCUT2D eigenvalue weighted by atomic mass is 9.94. The van der Waals surface area contributed by atoms with Gasteiger partial charge in [0.2, 0.25) is 5.89 Å². The minimum Gasteiger partial charge on any atom is -0.443 e. The molecule has 0 unspecified atom stereocenters. The van der Waals surface area contributed by atoms with Gasteiger partial charge in [0.1, 0.15) is 5.76 Å². The second kappa shape index (κ2) is 12.6. The zero-order chi connectivity index (χ0) is 22.3. The van der Waals surface area contributed by atoms with E-state index in [0.717, 1.165) is 57.5 Å². The highest BCUT2D eigenvalue weighted by Gasteiger charge is 2.19. The molecule has 1 aliphatic heterocycles. The summed E-state index contributed by atoms with van der Waals surface area (Å²) in [5.74, 6) is 2.29. The maximum atomic E-state index is 5.86. The molecular formula is C24H39IN6O. The lowest BCUT2D eigenvalue weighted by Gasteiger charge is -2.34. The molecule has 0 saturated carbocycles. The van der Waals surface area contributed by atoms with Crippen LogP contribution in [-0.2, 0) is 25.0 Å². The van der Waals surface area contributed by atoms with E-state index in [1.165, 1.54) is 11.1 Å². The number of hydrogen-bond donors (Lipinski definition) is 2. The first-order chi connectivity index (χ1) is 14.9. The molecule has 2 N–H and O–H groups in total. The number of halogens is 1. The van der Waals surface area contributed by atoms with Crippen LogP contribution in [0.4, 0.5) is 0 Å². The Kier molecular flexibility index (Phi) is 10.4. The number of benzene rings is 1. The van der Waals surface area contributed by atoms with Crippen LogP contribution in [0.2, 0.25) is 0 Å². The van der Waals surface area contributed by atoms with Crippen molar-refractivity contribution in [3.63, 3.8) is 0 Å². The number of nitrogens with one attached hydrogen (secondary N) is 2. The van der Waals surface area contributed by atoms with Crippen molar-refractivity contribution < 1.29 is 4.42 Å². The standard InChI is InChI=1S/C24H38N6O.HI/c1-6-29-11-13-30(14-12-29)18-20-10-8-7-9-19(20)15-27-23(25-5)28-17-22-26-16-21(31-22)24(2,3)4;/h7-10,16H,6,11-15,17-18H2,1-5H3,(H2,25,27,28);1H. The summed E-state index contributed by atoms with van der Waals surface area (Å²) < 4.78 is 5.86. The van der Waals surface area contributed by atoms with Gasteiger partial charge in [-0.05, 0) is 17.7 Å². The van der Waals surface area contributed by atoms with E-state index >= 15 is 0 Å². The minimum atomic E-state index is -0.0436. The fraction of sp³-hybridized carbons (Fsp3) is 0.583. The number of aliphatic imine (C=N–C) groups is 1. The van der Waals surface area contributed by atoms with Crippen molar-refractivity contribution in [1.29, 1.82) is 0 Å². The van der Waals surface area contributed by atoms with Gasteiger partial charge in [0, 0.05) is 51.7 Å². The normalized spacial score (nSPS) is 16.0. The molecule has 32 heavy (non-hydrogen) atoms. The third kappa shape index (κ3) is 7.74. The summed E-state index contributed by atoms with van der Waals surface area (Å²) in [6.45, 7) is 16.5. The average Bonchev–Trinajstić information content (AvgIpc) is 3.25. The summed E-state index contributed by atoms with van der Waals surface area (Å²) in [7, 11) is 1.78. The van der Waals surface area contributed by atoms with Crippen LogP contribution in [0.5, 0.6) is 0 Å². The predicted octanol–water partition coefficient (Wildman–Crippen LogP) is 3.59. The van der Waals surface area contributed by atoms with Crippen LogP contribution >= 0.6 is 24.0 Å². The molecule has 3 rings (SSSR count). The van der Waals surface area contributed by atoms with E-state index in [4.69, 9.17) is 4.42 Å². The molecule has 1 aromatic carbocycles. The fourth-order valence-electron chi connectivity index (χ4n) is 3.69. The van der Waals surface area contributed by atoms with Crippen LogP contribution in [0.25, 0.3) is 0 Å². The van der Waals surface area contributed by atoms with Gasteiger partial charge in [-0.3, -0.25) is 9.89 Å². The maximum absolute atomic E-state index is 5.86. The zero-order valence-electron chi connectivity index (χ0n) is 20.1. The molecule has 1 saturated heterocycles. The molecule has 0 bridgehead atoms. The van der Waals surface area contributed by atoms with Crippen LogP contribution in [0.3, 0.4) is 0 Å². The van der Waals surface area contributed by atoms with Gasteiger partial charge in [-0.25, -0.2) is 4.98 Å². The predicted molar refractivity (Wildman–Crippen MR) is 141 cm³/mol. The lowest BCUT2D eigenvalue weighted by Crippen LogP contribution is -2.45. The number of oxazole rings is 1. The molecule has 1 aromatic heterocycles. The molecule has 2 heterocycles. The van der Waals surface area contributed by atoms with Crippen molar-refractivity contribution >= 4 is 29.9 Å². The maximum Gasteiger partial charge on any atom is 0.213 e. The Bertz CT molecular complexity index is 852. The van der Waals surface area contributed by atoms with Crippen molar-refractivity contribution in [1.82, 2.24) is 25.4 Å².